The van der Waals surface area contributed by atoms with Crippen molar-refractivity contribution < 1.29 is 33.4 Å². The number of ketones is 1. The molecule has 0 bridgehead atoms. The van der Waals surface area contributed by atoms with Gasteiger partial charge in [0.15, 0.2) is 18.8 Å². The van der Waals surface area contributed by atoms with Crippen LogP contribution >= 0.6 is 0 Å². The number of carbonyl (C=O) groups excluding carboxylic acids is 4. The first-order valence-electron chi connectivity index (χ1n) is 15.5. The van der Waals surface area contributed by atoms with Crippen LogP contribution < -0.4 is 14.7 Å². The van der Waals surface area contributed by atoms with Crippen molar-refractivity contribution in [3.63, 3.8) is 0 Å². The molecule has 3 aliphatic rings. The largest absolute Gasteiger partial charge is 0.449 e. The summed E-state index contributed by atoms with van der Waals surface area (Å²) in [7, 11) is 0. The number of hydrogen-bond acceptors (Lipinski definition) is 12. The minimum absolute atomic E-state index is 0.178. The Kier molecular flexibility index (Phi) is 11.0. The van der Waals surface area contributed by atoms with Crippen LogP contribution in [0.1, 0.15) is 47.5 Å². The minimum Gasteiger partial charge on any atom is -0.449 e. The second-order valence-electron chi connectivity index (χ2n) is 10.6. The zero-order chi connectivity index (χ0) is 31.1. The van der Waals surface area contributed by atoms with Crippen molar-refractivity contribution in [2.75, 3.05) is 86.8 Å². The fourth-order valence-corrected chi connectivity index (χ4v) is 5.88. The number of nitrogens with zero attached hydrogens (tertiary/aromatic N) is 7. The Hall–Kier alpha value is -3.68. The molecule has 3 fully saturated rings. The summed E-state index contributed by atoms with van der Waals surface area (Å²) in [5, 5.41) is 0. The first-order valence-corrected chi connectivity index (χ1v) is 15.5. The molecule has 43 heavy (non-hydrogen) atoms. The van der Waals surface area contributed by atoms with E-state index in [1.165, 1.54) is 4.90 Å². The Labute approximate surface area is 253 Å². The standard InChI is InChI=1S/C29H45N7O7/c1-6-32(7-2)21-18-22(31-28(30-21)33(8-3)9-4)34-14-16-35(17-15-34)29(40)42-19-23(37)43-25-20-12-11-13-36(20)27(39)26(24(25)38)41-10-5/h18,20,25-26H,6-17,19H2,1-5H3. The van der Waals surface area contributed by atoms with E-state index in [1.807, 2.05) is 6.07 Å². The maximum atomic E-state index is 12.9. The molecule has 4 heterocycles. The van der Waals surface area contributed by atoms with Crippen LogP contribution in [-0.2, 0) is 28.6 Å². The lowest BCUT2D eigenvalue weighted by molar-refractivity contribution is -0.178. The second-order valence-corrected chi connectivity index (χ2v) is 10.6. The number of piperidine rings is 1. The highest BCUT2D eigenvalue weighted by atomic mass is 16.6. The summed E-state index contributed by atoms with van der Waals surface area (Å²) in [6, 6.07) is 1.47. The van der Waals surface area contributed by atoms with Crippen LogP contribution in [0, 0.1) is 0 Å². The molecule has 1 aromatic heterocycles. The highest BCUT2D eigenvalue weighted by molar-refractivity contribution is 6.09. The molecular weight excluding hydrogens is 558 g/mol. The predicted molar refractivity (Wildman–Crippen MR) is 159 cm³/mol. The minimum atomic E-state index is -1.28. The smallest absolute Gasteiger partial charge is 0.410 e. The van der Waals surface area contributed by atoms with Gasteiger partial charge in [0, 0.05) is 71.6 Å². The number of rotatable bonds is 12. The SMILES string of the molecule is CCOC1C(=O)C(OC(=O)COC(=O)N2CCN(c3cc(N(CC)CC)nc(N(CC)CC)n3)CC2)C2CCCN2C1=O. The molecule has 14 heteroatoms. The molecule has 0 aliphatic carbocycles. The van der Waals surface area contributed by atoms with Gasteiger partial charge in [-0.05, 0) is 47.5 Å². The zero-order valence-corrected chi connectivity index (χ0v) is 26.0. The van der Waals surface area contributed by atoms with Gasteiger partial charge in [0.25, 0.3) is 5.91 Å². The van der Waals surface area contributed by atoms with E-state index in [0.717, 1.165) is 37.8 Å². The van der Waals surface area contributed by atoms with Crippen molar-refractivity contribution in [2.24, 2.45) is 0 Å². The average molecular weight is 604 g/mol. The highest BCUT2D eigenvalue weighted by Gasteiger charge is 2.52. The molecule has 0 spiro atoms. The fourth-order valence-electron chi connectivity index (χ4n) is 5.88. The summed E-state index contributed by atoms with van der Waals surface area (Å²) >= 11 is 0. The molecule has 2 amide bonds. The van der Waals surface area contributed by atoms with E-state index >= 15 is 0 Å². The number of aromatic nitrogens is 2. The summed E-state index contributed by atoms with van der Waals surface area (Å²) in [5.74, 6) is 0.560. The van der Waals surface area contributed by atoms with Crippen LogP contribution in [-0.4, -0.2) is 134 Å². The fraction of sp³-hybridized carbons (Fsp3) is 0.724. The third kappa shape index (κ3) is 7.11. The third-order valence-corrected chi connectivity index (χ3v) is 8.28. The van der Waals surface area contributed by atoms with Crippen LogP contribution in [0.4, 0.5) is 22.4 Å². The van der Waals surface area contributed by atoms with Crippen molar-refractivity contribution in [2.45, 2.75) is 65.7 Å². The molecule has 0 saturated carbocycles. The third-order valence-electron chi connectivity index (χ3n) is 8.28. The van der Waals surface area contributed by atoms with Crippen molar-refractivity contribution in [1.82, 2.24) is 19.8 Å². The number of Topliss-reactive ketones (excluding diaryl/α,β-unsaturated/α-hetero) is 1. The Morgan fingerprint density at radius 1 is 0.930 bits per heavy atom. The van der Waals surface area contributed by atoms with Gasteiger partial charge in [0.05, 0.1) is 6.04 Å². The van der Waals surface area contributed by atoms with Crippen molar-refractivity contribution in [3.8, 4) is 0 Å². The molecular formula is C29H45N7O7. The van der Waals surface area contributed by atoms with Crippen LogP contribution in [0.3, 0.4) is 0 Å². The molecule has 0 radical (unpaired) electrons. The van der Waals surface area contributed by atoms with Gasteiger partial charge in [-0.2, -0.15) is 9.97 Å². The summed E-state index contributed by atoms with van der Waals surface area (Å²) < 4.78 is 16.1. The second kappa shape index (κ2) is 14.7. The molecule has 3 aliphatic heterocycles. The van der Waals surface area contributed by atoms with Gasteiger partial charge in [-0.3, -0.25) is 9.59 Å². The zero-order valence-electron chi connectivity index (χ0n) is 26.0. The number of fused-ring (bicyclic) bond motifs is 1. The van der Waals surface area contributed by atoms with Gasteiger partial charge in [-0.15, -0.1) is 0 Å². The number of anilines is 3. The summed E-state index contributed by atoms with van der Waals surface area (Å²) in [6.45, 7) is 15.1. The number of ether oxygens (including phenoxy) is 3. The lowest BCUT2D eigenvalue weighted by Gasteiger charge is -2.38. The Bertz CT molecular complexity index is 1120. The number of carbonyl (C=O) groups is 4. The van der Waals surface area contributed by atoms with Crippen LogP contribution in [0.25, 0.3) is 0 Å². The van der Waals surface area contributed by atoms with Crippen LogP contribution in [0.2, 0.25) is 0 Å². The lowest BCUT2D eigenvalue weighted by atomic mass is 9.95. The predicted octanol–water partition coefficient (Wildman–Crippen LogP) is 1.32. The average Bonchev–Trinajstić information content (AvgIpc) is 3.52. The van der Waals surface area contributed by atoms with E-state index in [2.05, 4.69) is 42.4 Å². The molecule has 0 N–H and O–H groups in total. The van der Waals surface area contributed by atoms with E-state index < -0.39 is 42.7 Å². The maximum absolute atomic E-state index is 12.9. The van der Waals surface area contributed by atoms with Crippen molar-refractivity contribution >= 4 is 41.3 Å². The number of esters is 1. The highest BCUT2D eigenvalue weighted by Crippen LogP contribution is 2.30. The van der Waals surface area contributed by atoms with Crippen LogP contribution in [0.15, 0.2) is 6.07 Å². The van der Waals surface area contributed by atoms with Crippen molar-refractivity contribution in [3.05, 3.63) is 6.07 Å². The number of piperazine rings is 1. The topological polar surface area (TPSA) is 138 Å². The monoisotopic (exact) mass is 603 g/mol. The summed E-state index contributed by atoms with van der Waals surface area (Å²) in [6.07, 6.45) is -1.79. The molecule has 14 nitrogen and oxygen atoms in total. The summed E-state index contributed by atoms with van der Waals surface area (Å²) in [5.41, 5.74) is 0. The maximum Gasteiger partial charge on any atom is 0.410 e. The molecule has 3 atom stereocenters. The Balaban J connectivity index is 1.33. The van der Waals surface area contributed by atoms with E-state index in [9.17, 15) is 19.2 Å². The van der Waals surface area contributed by atoms with Gasteiger partial charge < -0.3 is 38.7 Å². The van der Waals surface area contributed by atoms with Gasteiger partial charge >= 0.3 is 12.1 Å². The lowest BCUT2D eigenvalue weighted by Crippen LogP contribution is -2.62. The Morgan fingerprint density at radius 2 is 1.60 bits per heavy atom. The van der Waals surface area contributed by atoms with E-state index in [4.69, 9.17) is 24.2 Å². The van der Waals surface area contributed by atoms with E-state index in [-0.39, 0.29) is 12.5 Å². The first kappa shape index (κ1) is 32.2. The molecule has 3 unspecified atom stereocenters. The van der Waals surface area contributed by atoms with Crippen LogP contribution in [0.5, 0.6) is 0 Å². The molecule has 1 aromatic rings. The normalized spacial score (nSPS) is 22.0. The first-order chi connectivity index (χ1) is 20.8. The van der Waals surface area contributed by atoms with E-state index in [1.54, 1.807) is 11.8 Å². The molecule has 4 rings (SSSR count). The summed E-state index contributed by atoms with van der Waals surface area (Å²) in [4.78, 5) is 70.2. The molecule has 238 valence electrons. The van der Waals surface area contributed by atoms with E-state index in [0.29, 0.717) is 51.5 Å². The molecule has 0 aromatic carbocycles. The Morgan fingerprint density at radius 3 is 2.23 bits per heavy atom. The van der Waals surface area contributed by atoms with Crippen molar-refractivity contribution in [1.29, 1.82) is 0 Å². The number of amides is 2. The quantitative estimate of drug-likeness (QED) is 0.252. The number of hydrogen-bond donors (Lipinski definition) is 0. The molecule has 3 saturated heterocycles. The van der Waals surface area contributed by atoms with Gasteiger partial charge in [0.2, 0.25) is 11.7 Å². The van der Waals surface area contributed by atoms with Gasteiger partial charge in [0.1, 0.15) is 11.6 Å². The van der Waals surface area contributed by atoms with Gasteiger partial charge in [-0.25, -0.2) is 9.59 Å². The van der Waals surface area contributed by atoms with Gasteiger partial charge in [-0.1, -0.05) is 0 Å².